The van der Waals surface area contributed by atoms with Gasteiger partial charge in [-0.05, 0) is 6.42 Å². The number of hydrogen-bond acceptors (Lipinski definition) is 3. The second-order valence-electron chi connectivity index (χ2n) is 4.14. The van der Waals surface area contributed by atoms with Gasteiger partial charge in [0.25, 0.3) is 0 Å². The molecule has 0 unspecified atom stereocenters. The molecule has 1 rings (SSSR count). The van der Waals surface area contributed by atoms with Crippen molar-refractivity contribution < 1.29 is 49.3 Å². The fourth-order valence-corrected chi connectivity index (χ4v) is 1.76. The summed E-state index contributed by atoms with van der Waals surface area (Å²) in [5, 5.41) is 0. The van der Waals surface area contributed by atoms with Crippen molar-refractivity contribution in [3.8, 4) is 0 Å². The smallest absolute Gasteiger partial charge is 0.383 e. The molecule has 0 atom stereocenters. The van der Waals surface area contributed by atoms with Gasteiger partial charge >= 0.3 is 24.4 Å². The van der Waals surface area contributed by atoms with Crippen LogP contribution < -0.4 is 0 Å². The van der Waals surface area contributed by atoms with Gasteiger partial charge in [-0.3, -0.25) is 9.47 Å². The highest BCUT2D eigenvalue weighted by Crippen LogP contribution is 2.61. The fraction of sp³-hybridized carbons (Fsp3) is 1.00. The number of ether oxygens (including phenoxy) is 3. The first-order valence-corrected chi connectivity index (χ1v) is 5.19. The van der Waals surface area contributed by atoms with E-state index in [-0.39, 0.29) is 0 Å². The van der Waals surface area contributed by atoms with Crippen molar-refractivity contribution in [2.24, 2.45) is 5.41 Å². The van der Waals surface area contributed by atoms with Crippen molar-refractivity contribution in [2.45, 2.75) is 37.8 Å². The third-order valence-electron chi connectivity index (χ3n) is 2.97. The van der Waals surface area contributed by atoms with Crippen LogP contribution in [0.25, 0.3) is 0 Å². The molecule has 0 aromatic carbocycles. The molecule has 0 aromatic rings. The van der Waals surface area contributed by atoms with Crippen LogP contribution in [0.1, 0.15) is 13.3 Å². The lowest BCUT2D eigenvalue weighted by molar-refractivity contribution is -0.610. The van der Waals surface area contributed by atoms with Crippen molar-refractivity contribution >= 4 is 0 Å². The standard InChI is InChI=1S/C9H10F8O3/c1-3-5(4-18-2)7(13,14)19-9(17,6(10,11)12)20-8(5,15)16/h3-4H2,1-2H3. The van der Waals surface area contributed by atoms with Crippen LogP contribution in [0.15, 0.2) is 0 Å². The molecular formula is C9H10F8O3. The zero-order valence-electron chi connectivity index (χ0n) is 10.2. The molecule has 1 heterocycles. The predicted octanol–water partition coefficient (Wildman–Crippen LogP) is 3.45. The lowest BCUT2D eigenvalue weighted by Gasteiger charge is -2.50. The van der Waals surface area contributed by atoms with Crippen LogP contribution in [-0.4, -0.2) is 38.2 Å². The van der Waals surface area contributed by atoms with Gasteiger partial charge in [0.15, 0.2) is 5.41 Å². The van der Waals surface area contributed by atoms with Gasteiger partial charge in [0.1, 0.15) is 0 Å². The molecule has 0 aromatic heterocycles. The minimum Gasteiger partial charge on any atom is -0.383 e. The van der Waals surface area contributed by atoms with E-state index in [9.17, 15) is 35.1 Å². The number of hydrogen-bond donors (Lipinski definition) is 0. The first-order chi connectivity index (χ1) is 8.79. The molecule has 0 amide bonds. The monoisotopic (exact) mass is 318 g/mol. The van der Waals surface area contributed by atoms with Crippen molar-refractivity contribution in [3.63, 3.8) is 0 Å². The second kappa shape index (κ2) is 4.67. The van der Waals surface area contributed by atoms with Crippen molar-refractivity contribution in [2.75, 3.05) is 13.7 Å². The van der Waals surface area contributed by atoms with Gasteiger partial charge in [-0.1, -0.05) is 6.92 Å². The minimum atomic E-state index is -6.23. The van der Waals surface area contributed by atoms with Crippen molar-refractivity contribution in [1.82, 2.24) is 0 Å². The maximum atomic E-state index is 13.6. The molecule has 120 valence electrons. The van der Waals surface area contributed by atoms with Gasteiger partial charge in [-0.15, -0.1) is 0 Å². The van der Waals surface area contributed by atoms with Crippen LogP contribution in [0.4, 0.5) is 35.1 Å². The molecule has 0 aliphatic carbocycles. The normalized spacial score (nSPS) is 36.9. The average Bonchev–Trinajstić information content (AvgIpc) is 2.20. The Morgan fingerprint density at radius 2 is 1.35 bits per heavy atom. The second-order valence-corrected chi connectivity index (χ2v) is 4.14. The maximum Gasteiger partial charge on any atom is 0.478 e. The molecule has 0 radical (unpaired) electrons. The SMILES string of the molecule is CCC1(COC)C(F)(F)OC(F)(C(F)(F)F)OC1(F)F. The molecule has 0 bridgehead atoms. The summed E-state index contributed by atoms with van der Waals surface area (Å²) in [6.07, 6.45) is -17.7. The molecule has 0 spiro atoms. The fourth-order valence-electron chi connectivity index (χ4n) is 1.76. The van der Waals surface area contributed by atoms with E-state index >= 15 is 0 Å². The van der Waals surface area contributed by atoms with E-state index in [1.807, 2.05) is 0 Å². The molecule has 1 aliphatic rings. The van der Waals surface area contributed by atoms with E-state index in [1.54, 1.807) is 0 Å². The van der Waals surface area contributed by atoms with Crippen LogP contribution in [0, 0.1) is 5.41 Å². The Morgan fingerprint density at radius 3 is 1.60 bits per heavy atom. The molecule has 1 aliphatic heterocycles. The van der Waals surface area contributed by atoms with Gasteiger partial charge in [0.2, 0.25) is 0 Å². The number of alkyl halides is 8. The van der Waals surface area contributed by atoms with E-state index in [2.05, 4.69) is 14.2 Å². The number of methoxy groups -OCH3 is 1. The van der Waals surface area contributed by atoms with E-state index < -0.39 is 42.9 Å². The molecule has 20 heavy (non-hydrogen) atoms. The van der Waals surface area contributed by atoms with Crippen molar-refractivity contribution in [1.29, 1.82) is 0 Å². The summed E-state index contributed by atoms with van der Waals surface area (Å²) < 4.78 is 114. The first kappa shape index (κ1) is 17.4. The zero-order chi connectivity index (χ0) is 16.0. The number of halogens is 8. The highest BCUT2D eigenvalue weighted by Gasteiger charge is 2.82. The highest BCUT2D eigenvalue weighted by molar-refractivity contribution is 4.98. The van der Waals surface area contributed by atoms with Gasteiger partial charge < -0.3 is 4.74 Å². The van der Waals surface area contributed by atoms with Crippen LogP contribution in [0.5, 0.6) is 0 Å². The third kappa shape index (κ3) is 2.25. The average molecular weight is 318 g/mol. The molecule has 1 saturated heterocycles. The molecule has 0 N–H and O–H groups in total. The van der Waals surface area contributed by atoms with Crippen molar-refractivity contribution in [3.05, 3.63) is 0 Å². The van der Waals surface area contributed by atoms with Crippen LogP contribution in [0.2, 0.25) is 0 Å². The minimum absolute atomic E-state index is 0.768. The van der Waals surface area contributed by atoms with E-state index in [1.165, 1.54) is 0 Å². The quantitative estimate of drug-likeness (QED) is 0.746. The number of rotatable bonds is 3. The highest BCUT2D eigenvalue weighted by atomic mass is 19.4. The van der Waals surface area contributed by atoms with E-state index in [0.717, 1.165) is 14.0 Å². The largest absolute Gasteiger partial charge is 0.478 e. The van der Waals surface area contributed by atoms with Gasteiger partial charge in [0.05, 0.1) is 6.61 Å². The molecule has 3 nitrogen and oxygen atoms in total. The van der Waals surface area contributed by atoms with E-state index in [4.69, 9.17) is 0 Å². The molecule has 0 saturated carbocycles. The van der Waals surface area contributed by atoms with Crippen LogP contribution >= 0.6 is 0 Å². The Labute approximate surface area is 107 Å². The van der Waals surface area contributed by atoms with Crippen LogP contribution in [0.3, 0.4) is 0 Å². The molecule has 1 fully saturated rings. The summed E-state index contributed by atoms with van der Waals surface area (Å²) in [6, 6.07) is -5.62. The maximum absolute atomic E-state index is 13.6. The molecular weight excluding hydrogens is 308 g/mol. The Morgan fingerprint density at radius 1 is 0.950 bits per heavy atom. The summed E-state index contributed by atoms with van der Waals surface area (Å²) in [6.45, 7) is -0.580. The van der Waals surface area contributed by atoms with E-state index in [0.29, 0.717) is 0 Å². The Hall–Kier alpha value is -0.680. The lowest BCUT2D eigenvalue weighted by Crippen LogP contribution is -2.70. The molecule has 11 heteroatoms. The summed E-state index contributed by atoms with van der Waals surface area (Å²) in [7, 11) is 0.768. The van der Waals surface area contributed by atoms with Crippen LogP contribution in [-0.2, 0) is 14.2 Å². The third-order valence-corrected chi connectivity index (χ3v) is 2.97. The Bertz CT molecular complexity index is 349. The first-order valence-electron chi connectivity index (χ1n) is 5.19. The topological polar surface area (TPSA) is 27.7 Å². The summed E-state index contributed by atoms with van der Waals surface area (Å²) in [5.74, 6) is 0. The van der Waals surface area contributed by atoms with Gasteiger partial charge in [-0.2, -0.15) is 35.1 Å². The zero-order valence-corrected chi connectivity index (χ0v) is 10.2. The Balaban J connectivity index is 3.37. The lowest BCUT2D eigenvalue weighted by atomic mass is 9.82. The van der Waals surface area contributed by atoms with Gasteiger partial charge in [-0.25, -0.2) is 0 Å². The Kier molecular flexibility index (Phi) is 4.05. The summed E-state index contributed by atoms with van der Waals surface area (Å²) in [5.41, 5.74) is -3.59. The predicted molar refractivity (Wildman–Crippen MR) is 46.6 cm³/mol. The summed E-state index contributed by atoms with van der Waals surface area (Å²) >= 11 is 0. The van der Waals surface area contributed by atoms with Gasteiger partial charge in [0, 0.05) is 7.11 Å². The summed E-state index contributed by atoms with van der Waals surface area (Å²) in [4.78, 5) is 0.